The molecule has 2 nitrogen and oxygen atoms in total. The molecule has 0 aliphatic heterocycles. The van der Waals surface area contributed by atoms with Gasteiger partial charge in [0.1, 0.15) is 6.61 Å². The van der Waals surface area contributed by atoms with Crippen molar-refractivity contribution in [3.63, 3.8) is 0 Å². The van der Waals surface area contributed by atoms with Crippen LogP contribution in [0.5, 0.6) is 0 Å². The van der Waals surface area contributed by atoms with E-state index < -0.39 is 0 Å². The van der Waals surface area contributed by atoms with Crippen molar-refractivity contribution < 1.29 is 9.53 Å². The molecule has 19 heavy (non-hydrogen) atoms. The Labute approximate surface area is 127 Å². The number of rotatable bonds is 4. The molecule has 0 fully saturated rings. The molecule has 1 aromatic rings. The average molecular weight is 368 g/mol. The zero-order chi connectivity index (χ0) is 13.7. The molecular weight excluding hydrogens is 351 g/mol. The van der Waals surface area contributed by atoms with Crippen LogP contribution in [0.3, 0.4) is 0 Å². The predicted molar refractivity (Wildman–Crippen MR) is 84.8 cm³/mol. The number of benzene rings is 1. The summed E-state index contributed by atoms with van der Waals surface area (Å²) in [6, 6.07) is 9.77. The van der Waals surface area contributed by atoms with Gasteiger partial charge in [0, 0.05) is 0 Å². The van der Waals surface area contributed by atoms with Crippen molar-refractivity contribution in [1.82, 2.24) is 0 Å². The fraction of sp³-hybridized carbons (Fsp3) is 0.312. The van der Waals surface area contributed by atoms with Gasteiger partial charge in [-0.15, -0.1) is 0 Å². The van der Waals surface area contributed by atoms with Crippen molar-refractivity contribution in [3.8, 4) is 0 Å². The standard InChI is InChI=1S/C16H17IO2/c1-12(14-8-5-9-15(17)10-14)16(18)19-11-13-6-3-2-4-7-13/h2-9,12,14H,10-11H2,1H3. The molecule has 2 rings (SSSR count). The van der Waals surface area contributed by atoms with E-state index in [9.17, 15) is 4.79 Å². The van der Waals surface area contributed by atoms with Crippen LogP contribution in [-0.4, -0.2) is 5.97 Å². The molecule has 1 aliphatic rings. The first-order valence-corrected chi connectivity index (χ1v) is 7.48. The zero-order valence-electron chi connectivity index (χ0n) is 10.9. The molecule has 0 aromatic heterocycles. The second-order valence-electron chi connectivity index (χ2n) is 4.75. The van der Waals surface area contributed by atoms with E-state index in [4.69, 9.17) is 4.74 Å². The Morgan fingerprint density at radius 3 is 2.84 bits per heavy atom. The minimum Gasteiger partial charge on any atom is -0.461 e. The van der Waals surface area contributed by atoms with Gasteiger partial charge in [0.25, 0.3) is 0 Å². The third-order valence-corrected chi connectivity index (χ3v) is 4.10. The highest BCUT2D eigenvalue weighted by Gasteiger charge is 2.24. The summed E-state index contributed by atoms with van der Waals surface area (Å²) in [6.07, 6.45) is 7.13. The van der Waals surface area contributed by atoms with Gasteiger partial charge >= 0.3 is 5.97 Å². The van der Waals surface area contributed by atoms with Crippen LogP contribution in [0.4, 0.5) is 0 Å². The van der Waals surface area contributed by atoms with Gasteiger partial charge in [0.2, 0.25) is 0 Å². The second kappa shape index (κ2) is 6.89. The fourth-order valence-corrected chi connectivity index (χ4v) is 2.76. The van der Waals surface area contributed by atoms with Crippen molar-refractivity contribution in [1.29, 1.82) is 0 Å². The number of hydrogen-bond donors (Lipinski definition) is 0. The Balaban J connectivity index is 1.86. The van der Waals surface area contributed by atoms with E-state index in [0.29, 0.717) is 6.61 Å². The van der Waals surface area contributed by atoms with Crippen LogP contribution < -0.4 is 0 Å². The van der Waals surface area contributed by atoms with E-state index >= 15 is 0 Å². The van der Waals surface area contributed by atoms with Gasteiger partial charge < -0.3 is 4.74 Å². The lowest BCUT2D eigenvalue weighted by atomic mass is 9.88. The first-order chi connectivity index (χ1) is 9.16. The summed E-state index contributed by atoms with van der Waals surface area (Å²) in [6.45, 7) is 2.30. The number of carbonyl (C=O) groups excluding carboxylic acids is 1. The summed E-state index contributed by atoms with van der Waals surface area (Å²) in [5.74, 6) is 0.0307. The lowest BCUT2D eigenvalue weighted by Gasteiger charge is -2.21. The highest BCUT2D eigenvalue weighted by atomic mass is 127. The predicted octanol–water partition coefficient (Wildman–Crippen LogP) is 4.26. The molecule has 0 N–H and O–H groups in total. The van der Waals surface area contributed by atoms with Gasteiger partial charge in [-0.3, -0.25) is 4.79 Å². The van der Waals surface area contributed by atoms with Crippen molar-refractivity contribution in [2.75, 3.05) is 0 Å². The van der Waals surface area contributed by atoms with E-state index in [-0.39, 0.29) is 17.8 Å². The number of carbonyl (C=O) groups is 1. The van der Waals surface area contributed by atoms with E-state index in [0.717, 1.165) is 12.0 Å². The molecule has 1 aromatic carbocycles. The Morgan fingerprint density at radius 2 is 2.16 bits per heavy atom. The molecule has 100 valence electrons. The van der Waals surface area contributed by atoms with Gasteiger partial charge in [0.15, 0.2) is 0 Å². The molecule has 1 aliphatic carbocycles. The third kappa shape index (κ3) is 4.20. The number of hydrogen-bond acceptors (Lipinski definition) is 2. The molecule has 0 heterocycles. The maximum absolute atomic E-state index is 12.0. The van der Waals surface area contributed by atoms with E-state index in [1.165, 1.54) is 3.58 Å². The Kier molecular flexibility index (Phi) is 5.19. The summed E-state index contributed by atoms with van der Waals surface area (Å²) in [4.78, 5) is 12.0. The fourth-order valence-electron chi connectivity index (χ4n) is 2.04. The molecular formula is C16H17IO2. The van der Waals surface area contributed by atoms with E-state index in [1.807, 2.05) is 43.3 Å². The third-order valence-electron chi connectivity index (χ3n) is 3.30. The summed E-state index contributed by atoms with van der Waals surface area (Å²) >= 11 is 2.32. The van der Waals surface area contributed by atoms with Crippen LogP contribution in [0.2, 0.25) is 0 Å². The highest BCUT2D eigenvalue weighted by molar-refractivity contribution is 14.1. The number of ether oxygens (including phenoxy) is 1. The van der Waals surface area contributed by atoms with Crippen LogP contribution in [0.1, 0.15) is 18.9 Å². The van der Waals surface area contributed by atoms with Crippen LogP contribution in [-0.2, 0) is 16.1 Å². The van der Waals surface area contributed by atoms with Crippen molar-refractivity contribution in [2.45, 2.75) is 20.0 Å². The normalized spacial score (nSPS) is 19.7. The number of halogens is 1. The first-order valence-electron chi connectivity index (χ1n) is 6.40. The Hall–Kier alpha value is -1.10. The molecule has 3 heteroatoms. The molecule has 0 spiro atoms. The van der Waals surface area contributed by atoms with Gasteiger partial charge in [-0.1, -0.05) is 55.5 Å². The molecule has 2 unspecified atom stereocenters. The van der Waals surface area contributed by atoms with Crippen molar-refractivity contribution in [3.05, 3.63) is 57.7 Å². The number of allylic oxidation sites excluding steroid dienone is 4. The van der Waals surface area contributed by atoms with Gasteiger partial charge in [-0.2, -0.15) is 0 Å². The molecule has 0 saturated carbocycles. The largest absolute Gasteiger partial charge is 0.461 e. The first kappa shape index (κ1) is 14.3. The van der Waals surface area contributed by atoms with Gasteiger partial charge in [0.05, 0.1) is 5.92 Å². The lowest BCUT2D eigenvalue weighted by molar-refractivity contribution is -0.150. The zero-order valence-corrected chi connectivity index (χ0v) is 13.0. The molecule has 0 radical (unpaired) electrons. The summed E-state index contributed by atoms with van der Waals surface area (Å²) in [7, 11) is 0. The summed E-state index contributed by atoms with van der Waals surface area (Å²) < 4.78 is 6.67. The average Bonchev–Trinajstić information content (AvgIpc) is 2.45. The Bertz CT molecular complexity index is 491. The topological polar surface area (TPSA) is 26.3 Å². The maximum Gasteiger partial charge on any atom is 0.309 e. The lowest BCUT2D eigenvalue weighted by Crippen LogP contribution is -2.22. The minimum atomic E-state index is -0.121. The second-order valence-corrected chi connectivity index (χ2v) is 6.13. The summed E-state index contributed by atoms with van der Waals surface area (Å²) in [5, 5.41) is 0. The SMILES string of the molecule is CC(C(=O)OCc1ccccc1)C1C=CC=C(I)C1. The van der Waals surface area contributed by atoms with Gasteiger partial charge in [-0.25, -0.2) is 0 Å². The Morgan fingerprint density at radius 1 is 1.42 bits per heavy atom. The van der Waals surface area contributed by atoms with E-state index in [1.54, 1.807) is 0 Å². The van der Waals surface area contributed by atoms with Gasteiger partial charge in [-0.05, 0) is 44.1 Å². The molecule has 0 bridgehead atoms. The van der Waals surface area contributed by atoms with E-state index in [2.05, 4.69) is 34.7 Å². The highest BCUT2D eigenvalue weighted by Crippen LogP contribution is 2.29. The van der Waals surface area contributed by atoms with Crippen LogP contribution in [0, 0.1) is 11.8 Å². The smallest absolute Gasteiger partial charge is 0.309 e. The maximum atomic E-state index is 12.0. The molecule has 0 amide bonds. The van der Waals surface area contributed by atoms with Crippen molar-refractivity contribution in [2.24, 2.45) is 11.8 Å². The monoisotopic (exact) mass is 368 g/mol. The van der Waals surface area contributed by atoms with Crippen LogP contribution in [0.25, 0.3) is 0 Å². The molecule has 0 saturated heterocycles. The van der Waals surface area contributed by atoms with Crippen LogP contribution >= 0.6 is 22.6 Å². The van der Waals surface area contributed by atoms with Crippen molar-refractivity contribution >= 4 is 28.6 Å². The quantitative estimate of drug-likeness (QED) is 0.586. The molecule has 2 atom stereocenters. The number of esters is 1. The summed E-state index contributed by atoms with van der Waals surface area (Å²) in [5.41, 5.74) is 1.02. The van der Waals surface area contributed by atoms with Crippen LogP contribution in [0.15, 0.2) is 52.1 Å². The minimum absolute atomic E-state index is 0.0987.